The predicted molar refractivity (Wildman–Crippen MR) is 75.6 cm³/mol. The van der Waals surface area contributed by atoms with Gasteiger partial charge in [0.15, 0.2) is 0 Å². The Morgan fingerprint density at radius 2 is 2.11 bits per heavy atom. The highest BCUT2D eigenvalue weighted by Gasteiger charge is 2.11. The molecule has 0 atom stereocenters. The van der Waals surface area contributed by atoms with Gasteiger partial charge in [0.2, 0.25) is 0 Å². The van der Waals surface area contributed by atoms with Crippen LogP contribution in [0.1, 0.15) is 5.82 Å². The molecule has 0 aliphatic heterocycles. The van der Waals surface area contributed by atoms with Crippen LogP contribution in [0.25, 0.3) is 21.8 Å². The zero-order valence-electron chi connectivity index (χ0n) is 9.62. The number of rotatable bonds is 2. The molecule has 0 bridgehead atoms. The third-order valence-electron chi connectivity index (χ3n) is 2.49. The van der Waals surface area contributed by atoms with Crippen LogP contribution in [0.15, 0.2) is 28.4 Å². The first-order chi connectivity index (χ1) is 8.74. The standard InChI is InChI=1S/C12H10N4S2/c1-7-14-4-9(11(13)15-7)12-16-10(6-18-12)8-2-3-17-5-8/h2-6H,1H3,(H2,13,14,15). The smallest absolute Gasteiger partial charge is 0.137 e. The van der Waals surface area contributed by atoms with Crippen LogP contribution in [0.5, 0.6) is 0 Å². The highest BCUT2D eigenvalue weighted by Crippen LogP contribution is 2.31. The van der Waals surface area contributed by atoms with Crippen LogP contribution in [0, 0.1) is 6.92 Å². The molecule has 4 nitrogen and oxygen atoms in total. The van der Waals surface area contributed by atoms with Crippen LogP contribution in [0.3, 0.4) is 0 Å². The number of nitrogen functional groups attached to an aromatic ring is 1. The quantitative estimate of drug-likeness (QED) is 0.779. The van der Waals surface area contributed by atoms with Crippen molar-refractivity contribution in [2.75, 3.05) is 5.73 Å². The molecule has 90 valence electrons. The maximum atomic E-state index is 5.90. The summed E-state index contributed by atoms with van der Waals surface area (Å²) in [5.41, 5.74) is 8.80. The first-order valence-corrected chi connectivity index (χ1v) is 7.14. The topological polar surface area (TPSA) is 64.7 Å². The Morgan fingerprint density at radius 3 is 2.83 bits per heavy atom. The third kappa shape index (κ3) is 2.00. The van der Waals surface area contributed by atoms with E-state index in [2.05, 4.69) is 26.4 Å². The molecule has 6 heteroatoms. The van der Waals surface area contributed by atoms with Crippen molar-refractivity contribution < 1.29 is 0 Å². The molecule has 0 radical (unpaired) electrons. The zero-order valence-corrected chi connectivity index (χ0v) is 11.3. The van der Waals surface area contributed by atoms with Gasteiger partial charge in [0.25, 0.3) is 0 Å². The van der Waals surface area contributed by atoms with Gasteiger partial charge in [-0.1, -0.05) is 0 Å². The lowest BCUT2D eigenvalue weighted by Gasteiger charge is -2.00. The van der Waals surface area contributed by atoms with E-state index in [1.165, 1.54) is 0 Å². The molecular formula is C12H10N4S2. The second kappa shape index (κ2) is 4.47. The first-order valence-electron chi connectivity index (χ1n) is 5.31. The molecule has 0 saturated carbocycles. The average molecular weight is 274 g/mol. The van der Waals surface area contributed by atoms with Gasteiger partial charge >= 0.3 is 0 Å². The highest BCUT2D eigenvalue weighted by molar-refractivity contribution is 7.13. The Hall–Kier alpha value is -1.79. The van der Waals surface area contributed by atoms with Crippen molar-refractivity contribution in [1.29, 1.82) is 0 Å². The molecule has 0 unspecified atom stereocenters. The van der Waals surface area contributed by atoms with Crippen molar-refractivity contribution in [2.24, 2.45) is 0 Å². The van der Waals surface area contributed by atoms with Gasteiger partial charge in [0.1, 0.15) is 16.6 Å². The van der Waals surface area contributed by atoms with Crippen LogP contribution in [0.2, 0.25) is 0 Å². The van der Waals surface area contributed by atoms with Gasteiger partial charge in [0, 0.05) is 22.5 Å². The molecule has 0 saturated heterocycles. The van der Waals surface area contributed by atoms with E-state index in [4.69, 9.17) is 5.73 Å². The number of anilines is 1. The molecule has 3 rings (SSSR count). The van der Waals surface area contributed by atoms with Crippen LogP contribution in [-0.4, -0.2) is 15.0 Å². The first kappa shape index (κ1) is 11.3. The summed E-state index contributed by atoms with van der Waals surface area (Å²) >= 11 is 3.21. The van der Waals surface area contributed by atoms with E-state index >= 15 is 0 Å². The predicted octanol–water partition coefficient (Wildman–Crippen LogP) is 3.22. The summed E-state index contributed by atoms with van der Waals surface area (Å²) < 4.78 is 0. The number of hydrogen-bond donors (Lipinski definition) is 1. The molecule has 2 N–H and O–H groups in total. The van der Waals surface area contributed by atoms with Crippen molar-refractivity contribution in [2.45, 2.75) is 6.92 Å². The Bertz CT molecular complexity index is 673. The molecule has 0 amide bonds. The van der Waals surface area contributed by atoms with Gasteiger partial charge in [-0.25, -0.2) is 15.0 Å². The summed E-state index contributed by atoms with van der Waals surface area (Å²) in [5.74, 6) is 1.15. The number of hydrogen-bond acceptors (Lipinski definition) is 6. The number of aryl methyl sites for hydroxylation is 1. The van der Waals surface area contributed by atoms with E-state index in [9.17, 15) is 0 Å². The summed E-state index contributed by atoms with van der Waals surface area (Å²) in [7, 11) is 0. The largest absolute Gasteiger partial charge is 0.383 e. The van der Waals surface area contributed by atoms with Gasteiger partial charge in [0.05, 0.1) is 11.3 Å². The van der Waals surface area contributed by atoms with Gasteiger partial charge in [-0.05, 0) is 18.4 Å². The second-order valence-electron chi connectivity index (χ2n) is 3.77. The van der Waals surface area contributed by atoms with Crippen molar-refractivity contribution in [3.05, 3.63) is 34.2 Å². The van der Waals surface area contributed by atoms with Gasteiger partial charge in [-0.15, -0.1) is 11.3 Å². The van der Waals surface area contributed by atoms with Gasteiger partial charge in [-0.3, -0.25) is 0 Å². The van der Waals surface area contributed by atoms with Crippen LogP contribution < -0.4 is 5.73 Å². The number of aromatic nitrogens is 3. The van der Waals surface area contributed by atoms with Gasteiger partial charge in [-0.2, -0.15) is 11.3 Å². The summed E-state index contributed by atoms with van der Waals surface area (Å²) in [6.07, 6.45) is 1.73. The normalized spacial score (nSPS) is 10.7. The van der Waals surface area contributed by atoms with Crippen LogP contribution >= 0.6 is 22.7 Å². The van der Waals surface area contributed by atoms with Crippen molar-refractivity contribution in [3.63, 3.8) is 0 Å². The highest BCUT2D eigenvalue weighted by atomic mass is 32.1. The number of thiazole rings is 1. The molecule has 3 heterocycles. The summed E-state index contributed by atoms with van der Waals surface area (Å²) in [4.78, 5) is 12.9. The minimum Gasteiger partial charge on any atom is -0.383 e. The monoisotopic (exact) mass is 274 g/mol. The Balaban J connectivity index is 2.03. The van der Waals surface area contributed by atoms with E-state index in [0.717, 1.165) is 21.8 Å². The lowest BCUT2D eigenvalue weighted by atomic mass is 10.2. The van der Waals surface area contributed by atoms with E-state index in [0.29, 0.717) is 11.6 Å². The fraction of sp³-hybridized carbons (Fsp3) is 0.0833. The molecular weight excluding hydrogens is 264 g/mol. The number of thiophene rings is 1. The lowest BCUT2D eigenvalue weighted by molar-refractivity contribution is 1.06. The summed E-state index contributed by atoms with van der Waals surface area (Å²) in [5, 5.41) is 7.00. The van der Waals surface area contributed by atoms with E-state index in [1.54, 1.807) is 28.9 Å². The molecule has 0 fully saturated rings. The lowest BCUT2D eigenvalue weighted by Crippen LogP contribution is -1.97. The Morgan fingerprint density at radius 1 is 1.22 bits per heavy atom. The summed E-state index contributed by atoms with van der Waals surface area (Å²) in [6.45, 7) is 1.82. The maximum Gasteiger partial charge on any atom is 0.137 e. The van der Waals surface area contributed by atoms with Gasteiger partial charge < -0.3 is 5.73 Å². The Kier molecular flexibility index (Phi) is 2.81. The summed E-state index contributed by atoms with van der Waals surface area (Å²) in [6, 6.07) is 2.05. The SMILES string of the molecule is Cc1ncc(-c2nc(-c3ccsc3)cs2)c(N)n1. The fourth-order valence-electron chi connectivity index (χ4n) is 1.59. The van der Waals surface area contributed by atoms with Crippen molar-refractivity contribution in [1.82, 2.24) is 15.0 Å². The zero-order chi connectivity index (χ0) is 12.5. The molecule has 0 aromatic carbocycles. The van der Waals surface area contributed by atoms with Crippen molar-refractivity contribution >= 4 is 28.5 Å². The molecule has 3 aromatic rings. The number of nitrogens with zero attached hydrogens (tertiary/aromatic N) is 3. The van der Waals surface area contributed by atoms with E-state index < -0.39 is 0 Å². The maximum absolute atomic E-state index is 5.90. The molecule has 0 aliphatic carbocycles. The molecule has 0 spiro atoms. The molecule has 0 aliphatic rings. The second-order valence-corrected chi connectivity index (χ2v) is 5.40. The average Bonchev–Trinajstić information content (AvgIpc) is 2.99. The fourth-order valence-corrected chi connectivity index (χ4v) is 3.09. The molecule has 18 heavy (non-hydrogen) atoms. The van der Waals surface area contributed by atoms with E-state index in [-0.39, 0.29) is 0 Å². The minimum absolute atomic E-state index is 0.480. The van der Waals surface area contributed by atoms with Crippen molar-refractivity contribution in [3.8, 4) is 21.8 Å². The third-order valence-corrected chi connectivity index (χ3v) is 4.05. The van der Waals surface area contributed by atoms with Crippen LogP contribution in [0.4, 0.5) is 5.82 Å². The van der Waals surface area contributed by atoms with Crippen LogP contribution in [-0.2, 0) is 0 Å². The minimum atomic E-state index is 0.480. The molecule has 3 aromatic heterocycles. The van der Waals surface area contributed by atoms with E-state index in [1.807, 2.05) is 17.7 Å². The Labute approximate surface area is 112 Å². The number of nitrogens with two attached hydrogens (primary N) is 1.